The molecule has 1 unspecified atom stereocenters. The first kappa shape index (κ1) is 35.3. The van der Waals surface area contributed by atoms with Crippen LogP contribution >= 0.6 is 0 Å². The molecule has 4 fully saturated rings. The van der Waals surface area contributed by atoms with Crippen molar-refractivity contribution >= 4 is 35.8 Å². The van der Waals surface area contributed by atoms with E-state index in [2.05, 4.69) is 22.5 Å². The van der Waals surface area contributed by atoms with Gasteiger partial charge >= 0.3 is 12.2 Å². The standard InChI is InChI=1S/C36H46FN5O8/c1-5-22-16-36(22,32(46)39-29(43)20-13-14-20)40-30(44)27-15-24(50-34(48)41-17-21-9-8-12-26(37)25(21)19-41)18-42(27)31(45)28(35(2,3)4)38-33(47)49-23-10-6-7-11-23/h5,8-9,12,20,22-24,27-28H,1,6-7,10-11,13-19H2,2-4H3,(H,38,47)(H,40,44)(H,39,43,46)/t22?,24-,27+,28+,36-/m1/s1. The van der Waals surface area contributed by atoms with Gasteiger partial charge in [-0.15, -0.1) is 6.58 Å². The van der Waals surface area contributed by atoms with Gasteiger partial charge in [0.15, 0.2) is 0 Å². The average Bonchev–Trinajstić information content (AvgIpc) is 3.84. The summed E-state index contributed by atoms with van der Waals surface area (Å²) in [5, 5.41) is 7.94. The van der Waals surface area contributed by atoms with Crippen LogP contribution < -0.4 is 16.0 Å². The first-order valence-corrected chi connectivity index (χ1v) is 17.5. The number of benzene rings is 1. The van der Waals surface area contributed by atoms with Crippen LogP contribution in [-0.4, -0.2) is 82.0 Å². The molecule has 50 heavy (non-hydrogen) atoms. The number of nitrogens with one attached hydrogen (secondary N) is 3. The van der Waals surface area contributed by atoms with Crippen LogP contribution in [0.3, 0.4) is 0 Å². The van der Waals surface area contributed by atoms with E-state index in [1.807, 2.05) is 0 Å². The molecule has 2 heterocycles. The summed E-state index contributed by atoms with van der Waals surface area (Å²) in [5.74, 6) is -3.39. The number of imide groups is 1. The molecule has 0 aromatic heterocycles. The van der Waals surface area contributed by atoms with E-state index < -0.39 is 76.7 Å². The zero-order valence-electron chi connectivity index (χ0n) is 28.8. The number of amides is 6. The van der Waals surface area contributed by atoms with Crippen LogP contribution in [-0.2, 0) is 41.7 Å². The molecule has 6 rings (SSSR count). The van der Waals surface area contributed by atoms with Crippen LogP contribution in [0.5, 0.6) is 0 Å². The molecule has 1 saturated heterocycles. The van der Waals surface area contributed by atoms with Gasteiger partial charge in [0.25, 0.3) is 5.91 Å². The Morgan fingerprint density at radius 1 is 1.00 bits per heavy atom. The maximum absolute atomic E-state index is 14.4. The summed E-state index contributed by atoms with van der Waals surface area (Å²) >= 11 is 0. The van der Waals surface area contributed by atoms with Crippen molar-refractivity contribution in [2.45, 2.75) is 115 Å². The number of likely N-dealkylation sites (tertiary alicyclic amines) is 1. The van der Waals surface area contributed by atoms with Crippen LogP contribution in [0.1, 0.15) is 83.3 Å². The molecule has 5 atom stereocenters. The van der Waals surface area contributed by atoms with Crippen LogP contribution in [0, 0.1) is 23.1 Å². The van der Waals surface area contributed by atoms with E-state index in [4.69, 9.17) is 9.47 Å². The van der Waals surface area contributed by atoms with Gasteiger partial charge in [-0.3, -0.25) is 29.4 Å². The van der Waals surface area contributed by atoms with Crippen LogP contribution in [0.4, 0.5) is 14.0 Å². The number of hydrogen-bond acceptors (Lipinski definition) is 8. The zero-order valence-corrected chi connectivity index (χ0v) is 28.8. The van der Waals surface area contributed by atoms with Gasteiger partial charge in [0, 0.05) is 30.4 Å². The maximum atomic E-state index is 14.4. The minimum Gasteiger partial charge on any atom is -0.446 e. The second kappa shape index (κ2) is 13.7. The molecular weight excluding hydrogens is 649 g/mol. The van der Waals surface area contributed by atoms with Gasteiger partial charge in [0.1, 0.15) is 35.6 Å². The fourth-order valence-corrected chi connectivity index (χ4v) is 7.23. The van der Waals surface area contributed by atoms with Gasteiger partial charge in [-0.1, -0.05) is 39.0 Å². The van der Waals surface area contributed by atoms with E-state index in [1.54, 1.807) is 32.9 Å². The summed E-state index contributed by atoms with van der Waals surface area (Å²) < 4.78 is 25.8. The molecular formula is C36H46FN5O8. The Hall–Kier alpha value is -4.49. The third-order valence-electron chi connectivity index (χ3n) is 10.5. The summed E-state index contributed by atoms with van der Waals surface area (Å²) in [6.07, 6.45) is 3.78. The van der Waals surface area contributed by atoms with Crippen LogP contribution in [0.15, 0.2) is 30.9 Å². The van der Waals surface area contributed by atoms with Crippen molar-refractivity contribution < 1.29 is 42.6 Å². The van der Waals surface area contributed by atoms with Gasteiger partial charge in [0.05, 0.1) is 13.1 Å². The van der Waals surface area contributed by atoms with Crippen molar-refractivity contribution in [3.8, 4) is 0 Å². The lowest BCUT2D eigenvalue weighted by atomic mass is 9.85. The van der Waals surface area contributed by atoms with Gasteiger partial charge in [0.2, 0.25) is 17.7 Å². The van der Waals surface area contributed by atoms with Gasteiger partial charge in [-0.25, -0.2) is 14.0 Å². The normalized spacial score (nSPS) is 26.4. The Morgan fingerprint density at radius 2 is 1.72 bits per heavy atom. The topological polar surface area (TPSA) is 163 Å². The monoisotopic (exact) mass is 695 g/mol. The van der Waals surface area contributed by atoms with E-state index in [9.17, 15) is 33.2 Å². The number of carbonyl (C=O) groups is 6. The number of nitrogens with zero attached hydrogens (tertiary/aromatic N) is 2. The first-order chi connectivity index (χ1) is 23.7. The van der Waals surface area contributed by atoms with Crippen LogP contribution in [0.2, 0.25) is 0 Å². The third-order valence-corrected chi connectivity index (χ3v) is 10.5. The lowest BCUT2D eigenvalue weighted by Crippen LogP contribution is -2.60. The minimum atomic E-state index is -1.43. The average molecular weight is 696 g/mol. The molecule has 3 N–H and O–H groups in total. The van der Waals surface area contributed by atoms with E-state index in [0.29, 0.717) is 24.0 Å². The summed E-state index contributed by atoms with van der Waals surface area (Å²) in [6.45, 7) is 9.07. The van der Waals surface area contributed by atoms with Gasteiger partial charge < -0.3 is 25.0 Å². The number of halogens is 1. The molecule has 2 aliphatic heterocycles. The molecule has 1 aromatic carbocycles. The maximum Gasteiger partial charge on any atom is 0.410 e. The van der Waals surface area contributed by atoms with Crippen molar-refractivity contribution in [3.05, 3.63) is 47.8 Å². The molecule has 3 saturated carbocycles. The summed E-state index contributed by atoms with van der Waals surface area (Å²) in [5.41, 5.74) is -1.18. The van der Waals surface area contributed by atoms with E-state index in [-0.39, 0.29) is 44.5 Å². The Bertz CT molecular complexity index is 1580. The molecule has 0 radical (unpaired) electrons. The highest BCUT2D eigenvalue weighted by Crippen LogP contribution is 2.45. The largest absolute Gasteiger partial charge is 0.446 e. The molecule has 0 bridgehead atoms. The highest BCUT2D eigenvalue weighted by molar-refractivity contribution is 6.06. The summed E-state index contributed by atoms with van der Waals surface area (Å²) in [7, 11) is 0. The summed E-state index contributed by atoms with van der Waals surface area (Å²) in [4.78, 5) is 83.2. The molecule has 6 amide bonds. The van der Waals surface area contributed by atoms with Crippen LogP contribution in [0.25, 0.3) is 0 Å². The van der Waals surface area contributed by atoms with Gasteiger partial charge in [-0.05, 0) is 62.0 Å². The molecule has 13 nitrogen and oxygen atoms in total. The Morgan fingerprint density at radius 3 is 2.34 bits per heavy atom. The predicted molar refractivity (Wildman–Crippen MR) is 176 cm³/mol. The quantitative estimate of drug-likeness (QED) is 0.261. The molecule has 5 aliphatic rings. The molecule has 14 heteroatoms. The van der Waals surface area contributed by atoms with E-state index >= 15 is 0 Å². The third kappa shape index (κ3) is 7.34. The lowest BCUT2D eigenvalue weighted by Gasteiger charge is -2.35. The smallest absolute Gasteiger partial charge is 0.410 e. The van der Waals surface area contributed by atoms with Crippen molar-refractivity contribution in [2.75, 3.05) is 6.54 Å². The zero-order chi connectivity index (χ0) is 36.0. The molecule has 1 aromatic rings. The number of ether oxygens (including phenoxy) is 2. The van der Waals surface area contributed by atoms with Crippen molar-refractivity contribution in [1.82, 2.24) is 25.8 Å². The highest BCUT2D eigenvalue weighted by Gasteiger charge is 2.61. The number of rotatable bonds is 9. The molecule has 270 valence electrons. The number of carbonyl (C=O) groups excluding carboxylic acids is 6. The number of fused-ring (bicyclic) bond motifs is 1. The second-order valence-corrected chi connectivity index (χ2v) is 15.3. The Labute approximate surface area is 290 Å². The Kier molecular flexibility index (Phi) is 9.66. The Balaban J connectivity index is 1.20. The first-order valence-electron chi connectivity index (χ1n) is 17.5. The summed E-state index contributed by atoms with van der Waals surface area (Å²) in [6, 6.07) is 2.32. The predicted octanol–water partition coefficient (Wildman–Crippen LogP) is 3.44. The molecule has 3 aliphatic carbocycles. The fraction of sp³-hybridized carbons (Fsp3) is 0.611. The number of hydrogen-bond donors (Lipinski definition) is 3. The highest BCUT2D eigenvalue weighted by atomic mass is 19.1. The number of alkyl carbamates (subject to hydrolysis) is 1. The van der Waals surface area contributed by atoms with Crippen molar-refractivity contribution in [1.29, 1.82) is 0 Å². The lowest BCUT2D eigenvalue weighted by molar-refractivity contribution is -0.143. The molecule has 0 spiro atoms. The van der Waals surface area contributed by atoms with Crippen molar-refractivity contribution in [2.24, 2.45) is 17.3 Å². The van der Waals surface area contributed by atoms with Gasteiger partial charge in [-0.2, -0.15) is 0 Å². The van der Waals surface area contributed by atoms with Crippen molar-refractivity contribution in [3.63, 3.8) is 0 Å². The van der Waals surface area contributed by atoms with E-state index in [0.717, 1.165) is 25.7 Å². The SMILES string of the molecule is C=CC1C[C@]1(NC(=O)[C@@H]1C[C@@H](OC(=O)N2Cc3cccc(F)c3C2)CN1C(=O)[C@H](NC(=O)OC1CCCC1)C(C)(C)C)C(=O)NC(=O)C1CC1. The fourth-order valence-electron chi connectivity index (χ4n) is 7.23. The van der Waals surface area contributed by atoms with E-state index in [1.165, 1.54) is 21.9 Å². The second-order valence-electron chi connectivity index (χ2n) is 15.3. The minimum absolute atomic E-state index is 0.0133.